The topological polar surface area (TPSA) is 59.5 Å². The first-order chi connectivity index (χ1) is 9.99. The average Bonchev–Trinajstić information content (AvgIpc) is 2.47. The van der Waals surface area contributed by atoms with E-state index in [0.29, 0.717) is 5.88 Å². The summed E-state index contributed by atoms with van der Waals surface area (Å²) in [6.45, 7) is 11.8. The summed E-state index contributed by atoms with van der Waals surface area (Å²) in [7, 11) is 1.63. The van der Waals surface area contributed by atoms with E-state index in [-0.39, 0.29) is 5.41 Å². The molecule has 1 saturated heterocycles. The number of rotatable bonds is 5. The summed E-state index contributed by atoms with van der Waals surface area (Å²) < 4.78 is 10.6. The van der Waals surface area contributed by atoms with E-state index in [1.165, 1.54) is 0 Å². The molecule has 1 N–H and O–H groups in total. The quantitative estimate of drug-likeness (QED) is 0.888. The maximum absolute atomic E-state index is 5.35. The van der Waals surface area contributed by atoms with Gasteiger partial charge in [0.2, 0.25) is 5.88 Å². The molecule has 1 aliphatic rings. The van der Waals surface area contributed by atoms with E-state index in [2.05, 4.69) is 41.0 Å². The molecule has 0 radical (unpaired) electrons. The Morgan fingerprint density at radius 2 is 2.00 bits per heavy atom. The number of methoxy groups -OCH3 is 1. The molecule has 0 amide bonds. The Morgan fingerprint density at radius 1 is 1.29 bits per heavy atom. The first kappa shape index (κ1) is 16.0. The van der Waals surface area contributed by atoms with Gasteiger partial charge >= 0.3 is 0 Å². The summed E-state index contributed by atoms with van der Waals surface area (Å²) >= 11 is 0. The predicted octanol–water partition coefficient (Wildman–Crippen LogP) is 1.53. The smallest absolute Gasteiger partial charge is 0.218 e. The van der Waals surface area contributed by atoms with E-state index in [0.717, 1.165) is 51.0 Å². The fourth-order valence-electron chi connectivity index (χ4n) is 2.12. The Balaban J connectivity index is 1.95. The molecule has 118 valence electrons. The van der Waals surface area contributed by atoms with Crippen LogP contribution >= 0.6 is 0 Å². The molecule has 0 spiro atoms. The van der Waals surface area contributed by atoms with Crippen LogP contribution in [0.5, 0.6) is 5.88 Å². The van der Waals surface area contributed by atoms with Gasteiger partial charge in [-0.05, 0) is 0 Å². The molecule has 1 aromatic rings. The summed E-state index contributed by atoms with van der Waals surface area (Å²) in [5, 5.41) is 3.37. The Morgan fingerprint density at radius 3 is 2.62 bits per heavy atom. The van der Waals surface area contributed by atoms with Crippen LogP contribution in [0.3, 0.4) is 0 Å². The van der Waals surface area contributed by atoms with Gasteiger partial charge in [-0.1, -0.05) is 20.8 Å². The molecular formula is C15H26N4O2. The molecule has 0 aromatic carbocycles. The normalized spacial score (nSPS) is 16.8. The highest BCUT2D eigenvalue weighted by Gasteiger charge is 2.19. The summed E-state index contributed by atoms with van der Waals surface area (Å²) in [5.74, 6) is 2.21. The van der Waals surface area contributed by atoms with Gasteiger partial charge in [-0.15, -0.1) is 0 Å². The first-order valence-electron chi connectivity index (χ1n) is 7.46. The standard InChI is InChI=1S/C15H26N4O2/c1-15(2,3)14-17-12(11-13(18-14)20-4)16-5-6-19-7-9-21-10-8-19/h11H,5-10H2,1-4H3,(H,16,17,18). The molecule has 1 fully saturated rings. The largest absolute Gasteiger partial charge is 0.481 e. The Kier molecular flexibility index (Phi) is 5.36. The molecule has 0 saturated carbocycles. The van der Waals surface area contributed by atoms with Crippen LogP contribution in [0.4, 0.5) is 5.82 Å². The molecule has 21 heavy (non-hydrogen) atoms. The zero-order chi connectivity index (χ0) is 15.3. The van der Waals surface area contributed by atoms with Gasteiger partial charge in [0.05, 0.1) is 20.3 Å². The van der Waals surface area contributed by atoms with Gasteiger partial charge in [0, 0.05) is 37.7 Å². The van der Waals surface area contributed by atoms with Crippen molar-refractivity contribution in [2.75, 3.05) is 51.8 Å². The predicted molar refractivity (Wildman–Crippen MR) is 83.0 cm³/mol. The second kappa shape index (κ2) is 7.04. The van der Waals surface area contributed by atoms with Crippen molar-refractivity contribution < 1.29 is 9.47 Å². The van der Waals surface area contributed by atoms with Crippen LogP contribution in [-0.2, 0) is 10.2 Å². The number of hydrogen-bond donors (Lipinski definition) is 1. The van der Waals surface area contributed by atoms with Crippen LogP contribution < -0.4 is 10.1 Å². The van der Waals surface area contributed by atoms with E-state index in [9.17, 15) is 0 Å². The molecule has 6 heteroatoms. The highest BCUT2D eigenvalue weighted by atomic mass is 16.5. The van der Waals surface area contributed by atoms with E-state index in [4.69, 9.17) is 9.47 Å². The SMILES string of the molecule is COc1cc(NCCN2CCOCC2)nc(C(C)(C)C)n1. The van der Waals surface area contributed by atoms with E-state index in [1.807, 2.05) is 6.07 Å². The number of nitrogens with one attached hydrogen (secondary N) is 1. The van der Waals surface area contributed by atoms with Crippen molar-refractivity contribution in [2.45, 2.75) is 26.2 Å². The molecule has 0 unspecified atom stereocenters. The third kappa shape index (κ3) is 4.82. The number of nitrogens with zero attached hydrogens (tertiary/aromatic N) is 3. The zero-order valence-corrected chi connectivity index (χ0v) is 13.5. The molecular weight excluding hydrogens is 268 g/mol. The number of morpholine rings is 1. The lowest BCUT2D eigenvalue weighted by molar-refractivity contribution is 0.0398. The van der Waals surface area contributed by atoms with Crippen LogP contribution in [0.1, 0.15) is 26.6 Å². The van der Waals surface area contributed by atoms with Crippen LogP contribution in [0.15, 0.2) is 6.07 Å². The van der Waals surface area contributed by atoms with Gasteiger partial charge in [0.1, 0.15) is 11.6 Å². The Bertz CT molecular complexity index is 453. The fourth-order valence-corrected chi connectivity index (χ4v) is 2.12. The van der Waals surface area contributed by atoms with Crippen LogP contribution in [-0.4, -0.2) is 61.4 Å². The number of anilines is 1. The Hall–Kier alpha value is -1.40. The molecule has 1 aromatic heterocycles. The lowest BCUT2D eigenvalue weighted by Gasteiger charge is -2.26. The van der Waals surface area contributed by atoms with Crippen LogP contribution in [0, 0.1) is 0 Å². The van der Waals surface area contributed by atoms with Gasteiger partial charge in [-0.2, -0.15) is 4.98 Å². The van der Waals surface area contributed by atoms with Gasteiger partial charge in [0.25, 0.3) is 0 Å². The van der Waals surface area contributed by atoms with Gasteiger partial charge in [-0.25, -0.2) is 4.98 Å². The number of aromatic nitrogens is 2. The van der Waals surface area contributed by atoms with Crippen molar-refractivity contribution in [3.05, 3.63) is 11.9 Å². The minimum absolute atomic E-state index is 0.102. The monoisotopic (exact) mass is 294 g/mol. The van der Waals surface area contributed by atoms with Gasteiger partial charge < -0.3 is 14.8 Å². The maximum atomic E-state index is 5.35. The zero-order valence-electron chi connectivity index (χ0n) is 13.5. The second-order valence-corrected chi connectivity index (χ2v) is 6.25. The third-order valence-corrected chi connectivity index (χ3v) is 3.42. The van der Waals surface area contributed by atoms with Crippen molar-refractivity contribution in [3.63, 3.8) is 0 Å². The van der Waals surface area contributed by atoms with Crippen molar-refractivity contribution in [2.24, 2.45) is 0 Å². The average molecular weight is 294 g/mol. The highest BCUT2D eigenvalue weighted by Crippen LogP contribution is 2.22. The number of ether oxygens (including phenoxy) is 2. The molecule has 0 atom stereocenters. The van der Waals surface area contributed by atoms with E-state index in [1.54, 1.807) is 7.11 Å². The van der Waals surface area contributed by atoms with Gasteiger partial charge in [-0.3, -0.25) is 4.90 Å². The first-order valence-corrected chi connectivity index (χ1v) is 7.46. The summed E-state index contributed by atoms with van der Waals surface area (Å²) in [5.41, 5.74) is -0.102. The van der Waals surface area contributed by atoms with Gasteiger partial charge in [0.15, 0.2) is 0 Å². The third-order valence-electron chi connectivity index (χ3n) is 3.42. The minimum Gasteiger partial charge on any atom is -0.481 e. The lowest BCUT2D eigenvalue weighted by atomic mass is 9.96. The molecule has 0 bridgehead atoms. The van der Waals surface area contributed by atoms with Crippen molar-refractivity contribution in [1.29, 1.82) is 0 Å². The number of hydrogen-bond acceptors (Lipinski definition) is 6. The Labute approximate surface area is 126 Å². The molecule has 2 rings (SSSR count). The van der Waals surface area contributed by atoms with Crippen molar-refractivity contribution >= 4 is 5.82 Å². The second-order valence-electron chi connectivity index (χ2n) is 6.25. The van der Waals surface area contributed by atoms with E-state index >= 15 is 0 Å². The molecule has 2 heterocycles. The van der Waals surface area contributed by atoms with Crippen molar-refractivity contribution in [1.82, 2.24) is 14.9 Å². The van der Waals surface area contributed by atoms with Crippen LogP contribution in [0.2, 0.25) is 0 Å². The fraction of sp³-hybridized carbons (Fsp3) is 0.733. The van der Waals surface area contributed by atoms with Crippen LogP contribution in [0.25, 0.3) is 0 Å². The van der Waals surface area contributed by atoms with E-state index < -0.39 is 0 Å². The molecule has 1 aliphatic heterocycles. The summed E-state index contributed by atoms with van der Waals surface area (Å²) in [6.07, 6.45) is 0. The highest BCUT2D eigenvalue weighted by molar-refractivity contribution is 5.39. The minimum atomic E-state index is -0.102. The summed E-state index contributed by atoms with van der Waals surface area (Å²) in [4.78, 5) is 11.4. The molecule has 0 aliphatic carbocycles. The lowest BCUT2D eigenvalue weighted by Crippen LogP contribution is -2.39. The summed E-state index contributed by atoms with van der Waals surface area (Å²) in [6, 6.07) is 1.84. The van der Waals surface area contributed by atoms with Crippen molar-refractivity contribution in [3.8, 4) is 5.88 Å². The molecule has 6 nitrogen and oxygen atoms in total. The maximum Gasteiger partial charge on any atom is 0.218 e.